The molecule has 0 spiro atoms. The molecule has 0 N–H and O–H groups in total. The van der Waals surface area contributed by atoms with Crippen molar-refractivity contribution in [2.75, 3.05) is 7.11 Å². The van der Waals surface area contributed by atoms with Crippen LogP contribution >= 0.6 is 0 Å². The third kappa shape index (κ3) is 3.32. The number of amidine groups is 1. The quantitative estimate of drug-likeness (QED) is 0.608. The molecule has 0 unspecified atom stereocenters. The Morgan fingerprint density at radius 1 is 1.23 bits per heavy atom. The first kappa shape index (κ1) is 18.1. The molecule has 1 aliphatic heterocycles. The number of ether oxygens (including phenoxy) is 1. The van der Waals surface area contributed by atoms with Gasteiger partial charge in [0.15, 0.2) is 17.4 Å². The number of hydrogen-bond acceptors (Lipinski definition) is 5. The van der Waals surface area contributed by atoms with Crippen molar-refractivity contribution in [2.45, 2.75) is 24.8 Å². The van der Waals surface area contributed by atoms with Crippen LogP contribution in [0.25, 0.3) is 0 Å². The third-order valence-electron chi connectivity index (χ3n) is 3.83. The molecule has 1 heterocycles. The number of rotatable bonds is 4. The number of benzene rings is 2. The lowest BCUT2D eigenvalue weighted by atomic mass is 10.2. The van der Waals surface area contributed by atoms with Crippen molar-refractivity contribution >= 4 is 22.1 Å². The monoisotopic (exact) mass is 375 g/mol. The summed E-state index contributed by atoms with van der Waals surface area (Å²) in [5.41, 5.74) is 1.12. The first-order valence-corrected chi connectivity index (χ1v) is 9.38. The van der Waals surface area contributed by atoms with E-state index in [4.69, 9.17) is 4.74 Å². The molecule has 2 aromatic carbocycles. The Bertz CT molecular complexity index is 1000. The summed E-state index contributed by atoms with van der Waals surface area (Å²) in [6, 6.07) is 10.8. The van der Waals surface area contributed by atoms with E-state index in [2.05, 4.69) is 9.50 Å². The van der Waals surface area contributed by atoms with Gasteiger partial charge in [0.05, 0.1) is 13.3 Å². The van der Waals surface area contributed by atoms with Crippen LogP contribution in [0.5, 0.6) is 5.75 Å². The van der Waals surface area contributed by atoms with E-state index in [-0.39, 0.29) is 22.5 Å². The first-order chi connectivity index (χ1) is 12.3. The number of methoxy groups -OCH3 is 1. The van der Waals surface area contributed by atoms with Crippen LogP contribution in [0.15, 0.2) is 56.9 Å². The largest absolute Gasteiger partial charge is 0.494 e. The summed E-state index contributed by atoms with van der Waals surface area (Å²) in [5, 5.41) is 5.91. The highest BCUT2D eigenvalue weighted by Gasteiger charge is 2.32. The van der Waals surface area contributed by atoms with Gasteiger partial charge in [-0.15, -0.1) is 4.40 Å². The zero-order chi connectivity index (χ0) is 18.9. The fourth-order valence-electron chi connectivity index (χ4n) is 2.57. The van der Waals surface area contributed by atoms with E-state index in [0.29, 0.717) is 11.1 Å². The zero-order valence-corrected chi connectivity index (χ0v) is 15.4. The molecule has 0 atom stereocenters. The molecular weight excluding hydrogens is 357 g/mol. The SMILES string of the molecule is COc1cc(/C=N/N(C2=NS(=O)(=O)c3ccccc32)C(C)C)ccc1F. The summed E-state index contributed by atoms with van der Waals surface area (Å²) >= 11 is 0. The van der Waals surface area contributed by atoms with E-state index in [0.717, 1.165) is 0 Å². The topological polar surface area (TPSA) is 71.3 Å². The van der Waals surface area contributed by atoms with Crippen LogP contribution < -0.4 is 4.74 Å². The average Bonchev–Trinajstić information content (AvgIpc) is 2.88. The summed E-state index contributed by atoms with van der Waals surface area (Å²) in [4.78, 5) is 0.166. The van der Waals surface area contributed by atoms with Crippen LogP contribution in [0, 0.1) is 5.82 Å². The van der Waals surface area contributed by atoms with E-state index in [1.54, 1.807) is 24.3 Å². The number of hydrogen-bond donors (Lipinski definition) is 0. The van der Waals surface area contributed by atoms with Crippen molar-refractivity contribution in [3.8, 4) is 5.75 Å². The van der Waals surface area contributed by atoms with Gasteiger partial charge in [0.25, 0.3) is 10.0 Å². The van der Waals surface area contributed by atoms with Gasteiger partial charge in [-0.2, -0.15) is 13.5 Å². The van der Waals surface area contributed by atoms with Crippen LogP contribution in [0.4, 0.5) is 4.39 Å². The van der Waals surface area contributed by atoms with Crippen molar-refractivity contribution < 1.29 is 17.5 Å². The molecule has 0 fully saturated rings. The fourth-order valence-corrected chi connectivity index (χ4v) is 3.77. The summed E-state index contributed by atoms with van der Waals surface area (Å²) in [7, 11) is -2.35. The fraction of sp³-hybridized carbons (Fsp3) is 0.222. The molecule has 3 rings (SSSR count). The molecule has 136 valence electrons. The minimum Gasteiger partial charge on any atom is -0.494 e. The summed E-state index contributed by atoms with van der Waals surface area (Å²) < 4.78 is 46.9. The number of halogens is 1. The minimum absolute atomic E-state index is 0.108. The number of hydrazone groups is 1. The van der Waals surface area contributed by atoms with E-state index in [9.17, 15) is 12.8 Å². The van der Waals surface area contributed by atoms with Gasteiger partial charge in [0.2, 0.25) is 0 Å². The maximum absolute atomic E-state index is 13.5. The predicted molar refractivity (Wildman–Crippen MR) is 97.7 cm³/mol. The lowest BCUT2D eigenvalue weighted by Crippen LogP contribution is -2.32. The standard InChI is InChI=1S/C18H18FN3O3S/c1-12(2)22(20-11-13-8-9-15(19)16(10-13)25-3)18-14-6-4-5-7-17(14)26(23,24)21-18/h4-12H,1-3H3/b20-11+. The van der Waals surface area contributed by atoms with Crippen LogP contribution in [0.2, 0.25) is 0 Å². The highest BCUT2D eigenvalue weighted by Crippen LogP contribution is 2.28. The Labute approximate surface area is 151 Å². The molecule has 8 heteroatoms. The Balaban J connectivity index is 1.99. The Morgan fingerprint density at radius 3 is 2.65 bits per heavy atom. The summed E-state index contributed by atoms with van der Waals surface area (Å²) in [6.45, 7) is 3.75. The van der Waals surface area contributed by atoms with Crippen LogP contribution in [-0.2, 0) is 10.0 Å². The third-order valence-corrected chi connectivity index (χ3v) is 5.15. The molecule has 0 radical (unpaired) electrons. The van der Waals surface area contributed by atoms with Gasteiger partial charge in [0.1, 0.15) is 4.90 Å². The van der Waals surface area contributed by atoms with Gasteiger partial charge in [-0.3, -0.25) is 0 Å². The van der Waals surface area contributed by atoms with Gasteiger partial charge < -0.3 is 4.74 Å². The molecule has 0 aliphatic carbocycles. The second-order valence-electron chi connectivity index (χ2n) is 5.96. The van der Waals surface area contributed by atoms with Crippen molar-refractivity contribution in [1.29, 1.82) is 0 Å². The second kappa shape index (κ2) is 6.87. The molecular formula is C18H18FN3O3S. The first-order valence-electron chi connectivity index (χ1n) is 7.94. The number of fused-ring (bicyclic) bond motifs is 1. The van der Waals surface area contributed by atoms with E-state index >= 15 is 0 Å². The average molecular weight is 375 g/mol. The van der Waals surface area contributed by atoms with E-state index in [1.165, 1.54) is 36.5 Å². The molecule has 1 aliphatic rings. The second-order valence-corrected chi connectivity index (χ2v) is 7.54. The smallest absolute Gasteiger partial charge is 0.285 e. The van der Waals surface area contributed by atoms with Crippen molar-refractivity contribution in [3.05, 3.63) is 59.4 Å². The normalized spacial score (nSPS) is 15.2. The lowest BCUT2D eigenvalue weighted by molar-refractivity contribution is 0.371. The van der Waals surface area contributed by atoms with Gasteiger partial charge in [0, 0.05) is 11.6 Å². The van der Waals surface area contributed by atoms with Gasteiger partial charge in [-0.1, -0.05) is 18.2 Å². The molecule has 0 saturated carbocycles. The van der Waals surface area contributed by atoms with Gasteiger partial charge in [-0.05, 0) is 43.7 Å². The molecule has 0 aromatic heterocycles. The molecule has 0 saturated heterocycles. The number of nitrogens with zero attached hydrogens (tertiary/aromatic N) is 3. The van der Waals surface area contributed by atoms with Crippen molar-refractivity contribution in [3.63, 3.8) is 0 Å². The van der Waals surface area contributed by atoms with Crippen LogP contribution in [0.1, 0.15) is 25.0 Å². The van der Waals surface area contributed by atoms with Crippen LogP contribution in [-0.4, -0.2) is 38.6 Å². The van der Waals surface area contributed by atoms with Gasteiger partial charge >= 0.3 is 0 Å². The van der Waals surface area contributed by atoms with Crippen molar-refractivity contribution in [2.24, 2.45) is 9.50 Å². The summed E-state index contributed by atoms with van der Waals surface area (Å²) in [5.74, 6) is -0.0948. The maximum atomic E-state index is 13.5. The molecule has 0 bridgehead atoms. The Morgan fingerprint density at radius 2 is 1.96 bits per heavy atom. The summed E-state index contributed by atoms with van der Waals surface area (Å²) in [6.07, 6.45) is 1.51. The number of sulfonamides is 1. The molecule has 2 aromatic rings. The van der Waals surface area contributed by atoms with Gasteiger partial charge in [-0.25, -0.2) is 9.40 Å². The minimum atomic E-state index is -3.73. The Hall–Kier alpha value is -2.74. The lowest BCUT2D eigenvalue weighted by Gasteiger charge is -2.22. The molecule has 0 amide bonds. The molecule has 6 nitrogen and oxygen atoms in total. The Kier molecular flexibility index (Phi) is 4.78. The predicted octanol–water partition coefficient (Wildman–Crippen LogP) is 3.03. The van der Waals surface area contributed by atoms with E-state index in [1.807, 2.05) is 13.8 Å². The maximum Gasteiger partial charge on any atom is 0.285 e. The van der Waals surface area contributed by atoms with E-state index < -0.39 is 15.8 Å². The molecule has 26 heavy (non-hydrogen) atoms. The highest BCUT2D eigenvalue weighted by atomic mass is 32.2. The highest BCUT2D eigenvalue weighted by molar-refractivity contribution is 7.90. The zero-order valence-electron chi connectivity index (χ0n) is 14.5. The van der Waals surface area contributed by atoms with Crippen molar-refractivity contribution in [1.82, 2.24) is 5.01 Å². The van der Waals surface area contributed by atoms with Crippen LogP contribution in [0.3, 0.4) is 0 Å².